The molecule has 0 spiro atoms. The minimum absolute atomic E-state index is 0.197. The molecular weight excluding hydrogens is 216 g/mol. The molecule has 1 fully saturated rings. The zero-order valence-electron chi connectivity index (χ0n) is 10.3. The second kappa shape index (κ2) is 6.03. The third-order valence-corrected chi connectivity index (χ3v) is 2.75. The highest BCUT2D eigenvalue weighted by Crippen LogP contribution is 2.16. The van der Waals surface area contributed by atoms with Crippen molar-refractivity contribution < 1.29 is 9.59 Å². The lowest BCUT2D eigenvalue weighted by Crippen LogP contribution is -2.50. The highest BCUT2D eigenvalue weighted by atomic mass is 16.2. The standard InChI is InChI=1S/C13H18N2O2/c1-4-6-7-10(5-2)15(3)11-8-9-12(16)14-13(11)17/h4-7,11H,2,8-9H2,1,3H3,(H,14,16,17)/b6-4-,10-7+. The Morgan fingerprint density at radius 1 is 1.53 bits per heavy atom. The molecule has 17 heavy (non-hydrogen) atoms. The number of piperidine rings is 1. The number of imide groups is 1. The molecular formula is C13H18N2O2. The Bertz CT molecular complexity index is 383. The summed E-state index contributed by atoms with van der Waals surface area (Å²) in [4.78, 5) is 24.6. The van der Waals surface area contributed by atoms with Gasteiger partial charge in [-0.25, -0.2) is 0 Å². The van der Waals surface area contributed by atoms with Gasteiger partial charge in [0.2, 0.25) is 11.8 Å². The zero-order valence-corrected chi connectivity index (χ0v) is 10.3. The Morgan fingerprint density at radius 2 is 2.24 bits per heavy atom. The maximum Gasteiger partial charge on any atom is 0.249 e. The third kappa shape index (κ3) is 3.31. The van der Waals surface area contributed by atoms with Crippen molar-refractivity contribution in [3.05, 3.63) is 36.6 Å². The highest BCUT2D eigenvalue weighted by Gasteiger charge is 2.29. The zero-order chi connectivity index (χ0) is 12.8. The number of likely N-dealkylation sites (N-methyl/N-ethyl adjacent to an activating group) is 1. The van der Waals surface area contributed by atoms with Gasteiger partial charge in [-0.05, 0) is 25.5 Å². The molecule has 1 rings (SSSR count). The number of nitrogens with zero attached hydrogens (tertiary/aromatic N) is 1. The van der Waals surface area contributed by atoms with Crippen molar-refractivity contribution in [1.29, 1.82) is 0 Å². The molecule has 1 N–H and O–H groups in total. The van der Waals surface area contributed by atoms with Crippen molar-refractivity contribution in [1.82, 2.24) is 10.2 Å². The Morgan fingerprint density at radius 3 is 2.76 bits per heavy atom. The second-order valence-corrected chi connectivity index (χ2v) is 3.90. The van der Waals surface area contributed by atoms with Gasteiger partial charge in [-0.2, -0.15) is 0 Å². The van der Waals surface area contributed by atoms with Crippen LogP contribution in [0.5, 0.6) is 0 Å². The van der Waals surface area contributed by atoms with Gasteiger partial charge in [-0.3, -0.25) is 14.9 Å². The van der Waals surface area contributed by atoms with E-state index in [1.807, 2.05) is 37.1 Å². The van der Waals surface area contributed by atoms with E-state index >= 15 is 0 Å². The summed E-state index contributed by atoms with van der Waals surface area (Å²) in [5, 5.41) is 2.35. The SMILES string of the molecule is C=C/C(=C\C=C/C)N(C)C1CCC(=O)NC1=O. The van der Waals surface area contributed by atoms with Gasteiger partial charge < -0.3 is 4.90 Å². The van der Waals surface area contributed by atoms with Crippen molar-refractivity contribution >= 4 is 11.8 Å². The molecule has 0 aromatic rings. The van der Waals surface area contributed by atoms with Crippen LogP contribution in [0.1, 0.15) is 19.8 Å². The molecule has 1 unspecified atom stereocenters. The number of nitrogens with one attached hydrogen (secondary N) is 1. The fraction of sp³-hybridized carbons (Fsp3) is 0.385. The summed E-state index contributed by atoms with van der Waals surface area (Å²) in [5.41, 5.74) is 0.859. The Balaban J connectivity index is 2.80. The summed E-state index contributed by atoms with van der Waals surface area (Å²) in [5.74, 6) is -0.436. The summed E-state index contributed by atoms with van der Waals surface area (Å²) in [7, 11) is 1.83. The predicted octanol–water partition coefficient (Wildman–Crippen LogP) is 1.37. The average Bonchev–Trinajstić information content (AvgIpc) is 2.29. The van der Waals surface area contributed by atoms with Gasteiger partial charge >= 0.3 is 0 Å². The Kier molecular flexibility index (Phi) is 4.69. The number of allylic oxidation sites excluding steroid dienone is 4. The van der Waals surface area contributed by atoms with Gasteiger partial charge in [0.15, 0.2) is 0 Å². The number of hydrogen-bond acceptors (Lipinski definition) is 3. The van der Waals surface area contributed by atoms with Crippen LogP contribution in [0.2, 0.25) is 0 Å². The van der Waals surface area contributed by atoms with Crippen LogP contribution >= 0.6 is 0 Å². The molecule has 0 aromatic heterocycles. The van der Waals surface area contributed by atoms with E-state index < -0.39 is 0 Å². The average molecular weight is 234 g/mol. The lowest BCUT2D eigenvalue weighted by Gasteiger charge is -2.31. The molecule has 4 heteroatoms. The maximum atomic E-state index is 11.7. The largest absolute Gasteiger partial charge is 0.363 e. The molecule has 1 aliphatic rings. The van der Waals surface area contributed by atoms with Gasteiger partial charge in [0, 0.05) is 19.2 Å². The number of amides is 2. The predicted molar refractivity (Wildman–Crippen MR) is 67.0 cm³/mol. The van der Waals surface area contributed by atoms with E-state index in [0.717, 1.165) is 5.70 Å². The molecule has 0 aliphatic carbocycles. The summed E-state index contributed by atoms with van der Waals surface area (Å²) >= 11 is 0. The van der Waals surface area contributed by atoms with Crippen LogP contribution in [0.3, 0.4) is 0 Å². The van der Waals surface area contributed by atoms with Crippen molar-refractivity contribution in [3.63, 3.8) is 0 Å². The minimum Gasteiger partial charge on any atom is -0.363 e. The first-order chi connectivity index (χ1) is 8.10. The Hall–Kier alpha value is -1.84. The van der Waals surface area contributed by atoms with Crippen molar-refractivity contribution in [2.24, 2.45) is 0 Å². The maximum absolute atomic E-state index is 11.7. The molecule has 4 nitrogen and oxygen atoms in total. The van der Waals surface area contributed by atoms with E-state index in [-0.39, 0.29) is 17.9 Å². The molecule has 1 heterocycles. The lowest BCUT2D eigenvalue weighted by molar-refractivity contribution is -0.136. The van der Waals surface area contributed by atoms with Crippen molar-refractivity contribution in [2.45, 2.75) is 25.8 Å². The van der Waals surface area contributed by atoms with E-state index in [1.165, 1.54) is 0 Å². The molecule has 2 amide bonds. The molecule has 92 valence electrons. The fourth-order valence-corrected chi connectivity index (χ4v) is 1.76. The topological polar surface area (TPSA) is 49.4 Å². The Labute approximate surface area is 102 Å². The summed E-state index contributed by atoms with van der Waals surface area (Å²) in [6, 6.07) is -0.304. The van der Waals surface area contributed by atoms with Crippen LogP contribution in [0, 0.1) is 0 Å². The van der Waals surface area contributed by atoms with Gasteiger partial charge in [-0.1, -0.05) is 18.7 Å². The van der Waals surface area contributed by atoms with Crippen LogP contribution in [0.25, 0.3) is 0 Å². The normalized spacial score (nSPS) is 21.5. The van der Waals surface area contributed by atoms with Gasteiger partial charge in [0.25, 0.3) is 0 Å². The van der Waals surface area contributed by atoms with Gasteiger partial charge in [0.05, 0.1) is 0 Å². The molecule has 1 atom stereocenters. The van der Waals surface area contributed by atoms with E-state index in [1.54, 1.807) is 6.08 Å². The van der Waals surface area contributed by atoms with E-state index in [0.29, 0.717) is 12.8 Å². The molecule has 0 aromatic carbocycles. The highest BCUT2D eigenvalue weighted by molar-refractivity contribution is 6.00. The number of rotatable bonds is 4. The number of hydrogen-bond donors (Lipinski definition) is 1. The summed E-state index contributed by atoms with van der Waals surface area (Å²) in [6.45, 7) is 5.65. The first-order valence-electron chi connectivity index (χ1n) is 5.62. The van der Waals surface area contributed by atoms with Gasteiger partial charge in [-0.15, -0.1) is 0 Å². The lowest BCUT2D eigenvalue weighted by atomic mass is 10.0. The number of carbonyl (C=O) groups excluding carboxylic acids is 2. The van der Waals surface area contributed by atoms with Crippen LogP contribution in [-0.2, 0) is 9.59 Å². The summed E-state index contributed by atoms with van der Waals surface area (Å²) < 4.78 is 0. The molecule has 0 saturated carbocycles. The molecule has 1 saturated heterocycles. The van der Waals surface area contributed by atoms with Crippen LogP contribution < -0.4 is 5.32 Å². The number of carbonyl (C=O) groups is 2. The van der Waals surface area contributed by atoms with Gasteiger partial charge in [0.1, 0.15) is 6.04 Å². The minimum atomic E-state index is -0.304. The van der Waals surface area contributed by atoms with Crippen molar-refractivity contribution in [2.75, 3.05) is 7.05 Å². The van der Waals surface area contributed by atoms with Crippen LogP contribution in [0.4, 0.5) is 0 Å². The first-order valence-corrected chi connectivity index (χ1v) is 5.62. The van der Waals surface area contributed by atoms with Crippen LogP contribution in [0.15, 0.2) is 36.6 Å². The first kappa shape index (κ1) is 13.2. The summed E-state index contributed by atoms with van der Waals surface area (Å²) in [6.07, 6.45) is 8.30. The quantitative estimate of drug-likeness (QED) is 0.590. The van der Waals surface area contributed by atoms with E-state index in [9.17, 15) is 9.59 Å². The van der Waals surface area contributed by atoms with Crippen molar-refractivity contribution in [3.8, 4) is 0 Å². The van der Waals surface area contributed by atoms with E-state index in [2.05, 4.69) is 11.9 Å². The molecule has 0 radical (unpaired) electrons. The monoisotopic (exact) mass is 234 g/mol. The molecule has 0 bridgehead atoms. The smallest absolute Gasteiger partial charge is 0.249 e. The third-order valence-electron chi connectivity index (χ3n) is 2.75. The second-order valence-electron chi connectivity index (χ2n) is 3.90. The molecule has 1 aliphatic heterocycles. The van der Waals surface area contributed by atoms with Crippen LogP contribution in [-0.4, -0.2) is 29.8 Å². The fourth-order valence-electron chi connectivity index (χ4n) is 1.76. The van der Waals surface area contributed by atoms with E-state index in [4.69, 9.17) is 0 Å².